The maximum atomic E-state index is 12.9. The lowest BCUT2D eigenvalue weighted by molar-refractivity contribution is -0.274. The molecule has 0 N–H and O–H groups in total. The summed E-state index contributed by atoms with van der Waals surface area (Å²) in [5, 5.41) is 0.973. The number of hydrogen-bond acceptors (Lipinski definition) is 16. The zero-order valence-corrected chi connectivity index (χ0v) is 96.2. The third kappa shape index (κ3) is 61.7. The first kappa shape index (κ1) is 135. The van der Waals surface area contributed by atoms with E-state index >= 15 is 0 Å². The van der Waals surface area contributed by atoms with Crippen LogP contribution in [-0.2, 0) is 6.18 Å². The van der Waals surface area contributed by atoms with Crippen molar-refractivity contribution in [1.29, 1.82) is 0 Å². The molecule has 0 bridgehead atoms. The van der Waals surface area contributed by atoms with Crippen LogP contribution < -0.4 is 52.1 Å². The average molecular weight is 2100 g/mol. The molecule has 0 spiro atoms. The topological polar surface area (TPSA) is 166 Å². The first-order valence-corrected chi connectivity index (χ1v) is 53.0. The Bertz CT molecular complexity index is 5190. The average Bonchev–Trinajstić information content (AvgIpc) is 0.826. The van der Waals surface area contributed by atoms with E-state index in [2.05, 4.69) is 201 Å². The van der Waals surface area contributed by atoms with E-state index < -0.39 is 29.7 Å². The molecule has 25 heteroatoms. The second-order valence-corrected chi connectivity index (χ2v) is 43.3. The Morgan fingerprint density at radius 1 is 0.340 bits per heavy atom. The molecule has 12 rings (SSSR count). The molecule has 4 aromatic heterocycles. The first-order valence-electron chi connectivity index (χ1n) is 53.0. The Hall–Kier alpha value is -11.5. The van der Waals surface area contributed by atoms with Crippen molar-refractivity contribution in [3.8, 4) is 63.8 Å². The molecular weight excluding hydrogens is 1920 g/mol. The lowest BCUT2D eigenvalue weighted by Crippen LogP contribution is -2.34. The van der Waals surface area contributed by atoms with Gasteiger partial charge in [-0.2, -0.15) is 13.2 Å². The van der Waals surface area contributed by atoms with Crippen molar-refractivity contribution >= 4 is 10.9 Å². The minimum atomic E-state index is -4.66. The Balaban J connectivity index is 0.000000558. The van der Waals surface area contributed by atoms with Gasteiger partial charge in [-0.3, -0.25) is 0 Å². The van der Waals surface area contributed by atoms with Crippen LogP contribution in [0.1, 0.15) is 283 Å². The van der Waals surface area contributed by atoms with Crippen molar-refractivity contribution in [3.63, 3.8) is 0 Å². The van der Waals surface area contributed by atoms with E-state index in [1.54, 1.807) is 24.5 Å². The fraction of sp³-hybridized carbons (Fsp3) is 0.528. The lowest BCUT2D eigenvalue weighted by Gasteiger charge is -2.30. The number of rotatable bonds is 35. The summed E-state index contributed by atoms with van der Waals surface area (Å²) in [6.45, 7) is 74.0. The highest BCUT2D eigenvalue weighted by Crippen LogP contribution is 2.35. The number of alkyl halides is 6. The molecule has 7 aromatic carbocycles. The summed E-state index contributed by atoms with van der Waals surface area (Å²) in [6.07, 6.45) is 8.20. The summed E-state index contributed by atoms with van der Waals surface area (Å²) in [4.78, 5) is 20.7. The summed E-state index contributed by atoms with van der Waals surface area (Å²) >= 11 is 0. The van der Waals surface area contributed by atoms with Gasteiger partial charge in [-0.1, -0.05) is 258 Å². The van der Waals surface area contributed by atoms with E-state index in [-0.39, 0.29) is 52.4 Å². The Morgan fingerprint density at radius 2 is 0.767 bits per heavy atom. The third-order valence-electron chi connectivity index (χ3n) is 24.7. The number of hydrogen-bond donors (Lipinski definition) is 0. The standard InChI is InChI=1S/C12H15F3O2.C12H15F3O.C12H17FO.C12H14N2O.C12H19NO.2C12H18O.C12H24.C10H12F2O.C10H15NO.C9H13NO/c1-8(2)9(3)16-10-4-6-11(7-5-10)17-12(13,14)15;1-8(2)9(3)16-11-6-4-10(5-7-11)12(13,14)15;1-9(2)12(3,4)14-11-7-5-10(13)6-8-11;1-9(2)7-15-12-10-5-3-4-6-11(10)13-8-14-12;1-9(2)12(4,5)14-11-7-6-10(3)8-13-11;1-10(2)12(3,4)13-11-8-6-5-7-9-11;1-10(2)8-9-13-12-6-4-11(3)5-7-12;1-10(2)11(3)9-12-7-5-4-6-8-12;1-7(2)6-13-10-5-8(11)3-4-9(10)12;1-8(2)9(3)12-10-6-4-5-7-11-10;1-8(2)7-11-9-5-3-4-6-10-9/h4-9H,1-3H3;4-9H,1-3H3;5-9H,1-4H3;3-6,8-9H,7H2,1-2H3;6-9H,1-5H3;5-10H,1-4H3;4-7,10H,8-9H2,1-3H3;10-12H,4-9H2,1-3H3;3-5,7H,6H2,1-2H3;4-9H,1-3H3;3-6,8H,7H2,1-2H3/t;;;;;;;11-;;;/m.......1.../s1. The predicted molar refractivity (Wildman–Crippen MR) is 596 cm³/mol. The minimum Gasteiger partial charge on any atom is -0.494 e. The van der Waals surface area contributed by atoms with Crippen LogP contribution in [0.3, 0.4) is 0 Å². The Morgan fingerprint density at radius 3 is 1.23 bits per heavy atom. The van der Waals surface area contributed by atoms with Gasteiger partial charge in [0.1, 0.15) is 69.3 Å². The number of nitrogens with zero attached hydrogens (tertiary/aromatic N) is 5. The summed E-state index contributed by atoms with van der Waals surface area (Å²) < 4.78 is 170. The summed E-state index contributed by atoms with van der Waals surface area (Å²) in [5.74, 6) is 12.4. The van der Waals surface area contributed by atoms with E-state index in [0.717, 1.165) is 95.7 Å². The number of aromatic nitrogens is 5. The molecule has 1 aliphatic rings. The molecule has 4 atom stereocenters. The van der Waals surface area contributed by atoms with Crippen LogP contribution in [-0.4, -0.2) is 92.8 Å². The molecule has 150 heavy (non-hydrogen) atoms. The highest BCUT2D eigenvalue weighted by atomic mass is 19.4. The van der Waals surface area contributed by atoms with Gasteiger partial charge in [0, 0.05) is 42.9 Å². The molecule has 3 unspecified atom stereocenters. The number of fused-ring (bicyclic) bond motifs is 1. The normalized spacial score (nSPS) is 12.8. The number of halogens is 9. The van der Waals surface area contributed by atoms with Crippen molar-refractivity contribution in [2.75, 3.05) is 26.4 Å². The molecule has 16 nitrogen and oxygen atoms in total. The van der Waals surface area contributed by atoms with Gasteiger partial charge in [0.05, 0.1) is 61.2 Å². The molecule has 1 aliphatic carbocycles. The molecule has 0 radical (unpaired) electrons. The highest BCUT2D eigenvalue weighted by molar-refractivity contribution is 5.83. The van der Waals surface area contributed by atoms with Gasteiger partial charge in [0.15, 0.2) is 11.6 Å². The van der Waals surface area contributed by atoms with E-state index in [1.807, 2.05) is 198 Å². The molecular formula is C125H180F9N5O11. The maximum Gasteiger partial charge on any atom is 0.573 e. The molecule has 1 fully saturated rings. The maximum absolute atomic E-state index is 12.9. The highest BCUT2D eigenvalue weighted by Gasteiger charge is 2.33. The van der Waals surface area contributed by atoms with Crippen LogP contribution in [0.25, 0.3) is 10.9 Å². The number of pyridine rings is 3. The van der Waals surface area contributed by atoms with Crippen molar-refractivity contribution in [3.05, 3.63) is 277 Å². The quantitative estimate of drug-likeness (QED) is 0.0344. The number of aryl methyl sites for hydroxylation is 2. The zero-order chi connectivity index (χ0) is 113. The minimum absolute atomic E-state index is 0.00406. The van der Waals surface area contributed by atoms with Crippen LogP contribution in [0.15, 0.2) is 243 Å². The van der Waals surface area contributed by atoms with Gasteiger partial charge < -0.3 is 52.1 Å². The van der Waals surface area contributed by atoms with Gasteiger partial charge in [-0.05, 0) is 305 Å². The van der Waals surface area contributed by atoms with Crippen molar-refractivity contribution < 1.29 is 91.6 Å². The third-order valence-corrected chi connectivity index (χ3v) is 24.7. The Kier molecular flexibility index (Phi) is 63.3. The van der Waals surface area contributed by atoms with Crippen LogP contribution in [0.5, 0.6) is 63.8 Å². The van der Waals surface area contributed by atoms with Gasteiger partial charge >= 0.3 is 12.5 Å². The monoisotopic (exact) mass is 2100 g/mol. The molecule has 11 aromatic rings. The molecule has 4 heterocycles. The molecule has 0 saturated heterocycles. The van der Waals surface area contributed by atoms with Crippen LogP contribution >= 0.6 is 0 Å². The largest absolute Gasteiger partial charge is 0.573 e. The van der Waals surface area contributed by atoms with Crippen LogP contribution in [0, 0.1) is 108 Å². The molecule has 1 saturated carbocycles. The second kappa shape index (κ2) is 70.6. The van der Waals surface area contributed by atoms with E-state index in [0.29, 0.717) is 113 Å². The van der Waals surface area contributed by atoms with Gasteiger partial charge in [0.25, 0.3) is 0 Å². The SMILES string of the molecule is CC(C)C(C)(C)Oc1ccc(F)cc1.CC(C)C(C)(C)Oc1ccccc1.CC(C)C(C)Oc1ccc(C(F)(F)F)cc1.CC(C)C(C)Oc1ccc(OC(F)(F)F)cc1.CC(C)C(C)Oc1ccccn1.CC(C)COc1cc(F)ccc1F.CC(C)COc1ccccn1.CC(C)COc1ncnc2ccccc12.CC(C)[C@H](C)CC1CCCCC1.Cc1ccc(OC(C)(C)C(C)C)nc1.Cc1ccc(OCCC(C)C)cc1. The molecule has 0 amide bonds. The van der Waals surface area contributed by atoms with Crippen molar-refractivity contribution in [2.24, 2.45) is 76.9 Å². The fourth-order valence-corrected chi connectivity index (χ4v) is 11.8. The summed E-state index contributed by atoms with van der Waals surface area (Å²) in [7, 11) is 0. The molecule has 834 valence electrons. The number of benzene rings is 7. The zero-order valence-electron chi connectivity index (χ0n) is 96.2. The van der Waals surface area contributed by atoms with E-state index in [4.69, 9.17) is 47.4 Å². The van der Waals surface area contributed by atoms with E-state index in [1.165, 1.54) is 98.9 Å². The number of para-hydroxylation sites is 2. The van der Waals surface area contributed by atoms with Crippen LogP contribution in [0.4, 0.5) is 39.5 Å². The van der Waals surface area contributed by atoms with Gasteiger partial charge in [0.2, 0.25) is 23.5 Å². The second-order valence-electron chi connectivity index (χ2n) is 43.3. The number of ether oxygens (including phenoxy) is 11. The summed E-state index contributed by atoms with van der Waals surface area (Å²) in [6, 6.07) is 60.7. The van der Waals surface area contributed by atoms with Crippen LogP contribution in [0.2, 0.25) is 0 Å². The lowest BCUT2D eigenvalue weighted by atomic mass is 9.80. The van der Waals surface area contributed by atoms with Crippen molar-refractivity contribution in [2.45, 2.75) is 328 Å². The fourth-order valence-electron chi connectivity index (χ4n) is 11.8. The first-order chi connectivity index (χ1) is 70.2. The van der Waals surface area contributed by atoms with Crippen molar-refractivity contribution in [1.82, 2.24) is 24.9 Å². The van der Waals surface area contributed by atoms with E-state index in [9.17, 15) is 39.5 Å². The molecule has 0 aliphatic heterocycles. The predicted octanol–water partition coefficient (Wildman–Crippen LogP) is 36.4. The van der Waals surface area contributed by atoms with Gasteiger partial charge in [-0.15, -0.1) is 13.2 Å². The van der Waals surface area contributed by atoms with Gasteiger partial charge in [-0.25, -0.2) is 38.1 Å². The smallest absolute Gasteiger partial charge is 0.494 e. The summed E-state index contributed by atoms with van der Waals surface area (Å²) in [5.41, 5.74) is 2.21. The Labute approximate surface area is 895 Å².